The number of nitrogens with zero attached hydrogens (tertiary/aromatic N) is 1. The third-order valence-electron chi connectivity index (χ3n) is 7.61. The summed E-state index contributed by atoms with van der Waals surface area (Å²) in [5.74, 6) is 1.29. The van der Waals surface area contributed by atoms with E-state index in [1.165, 1.54) is 51.7 Å². The molecular weight excluding hydrogens is 314 g/mol. The molecule has 1 heterocycles. The van der Waals surface area contributed by atoms with Crippen LogP contribution >= 0.6 is 0 Å². The zero-order chi connectivity index (χ0) is 17.1. The van der Waals surface area contributed by atoms with E-state index in [-0.39, 0.29) is 0 Å². The molecule has 26 heavy (non-hydrogen) atoms. The summed E-state index contributed by atoms with van der Waals surface area (Å²) in [6, 6.07) is 18.7. The van der Waals surface area contributed by atoms with Crippen LogP contribution in [0.4, 0.5) is 0 Å². The van der Waals surface area contributed by atoms with Gasteiger partial charge in [-0.25, -0.2) is 0 Å². The fraction of sp³-hybridized carbons (Fsp3) is 0.440. The van der Waals surface area contributed by atoms with E-state index in [0.717, 1.165) is 0 Å². The maximum atomic E-state index is 2.78. The van der Waals surface area contributed by atoms with E-state index in [2.05, 4.69) is 59.5 Å². The van der Waals surface area contributed by atoms with Gasteiger partial charge in [-0.2, -0.15) is 0 Å². The number of hydrogen-bond donors (Lipinski definition) is 0. The van der Waals surface area contributed by atoms with Crippen molar-refractivity contribution in [3.63, 3.8) is 0 Å². The molecule has 1 heteroatoms. The lowest BCUT2D eigenvalue weighted by atomic mass is 9.65. The minimum atomic E-state index is 0.352. The molecule has 132 valence electrons. The van der Waals surface area contributed by atoms with Gasteiger partial charge in [0.15, 0.2) is 0 Å². The summed E-state index contributed by atoms with van der Waals surface area (Å²) in [5, 5.41) is 0. The third-order valence-corrected chi connectivity index (χ3v) is 7.61. The molecule has 2 aromatic rings. The van der Waals surface area contributed by atoms with Crippen LogP contribution in [0.3, 0.4) is 0 Å². The lowest BCUT2D eigenvalue weighted by molar-refractivity contribution is 0.320. The predicted octanol–water partition coefficient (Wildman–Crippen LogP) is 5.37. The first-order chi connectivity index (χ1) is 12.9. The molecule has 3 aliphatic carbocycles. The van der Waals surface area contributed by atoms with Crippen LogP contribution in [0.1, 0.15) is 66.2 Å². The van der Waals surface area contributed by atoms with E-state index in [1.54, 1.807) is 27.8 Å². The fourth-order valence-electron chi connectivity index (χ4n) is 6.60. The van der Waals surface area contributed by atoms with Crippen LogP contribution in [0.5, 0.6) is 0 Å². The van der Waals surface area contributed by atoms with Gasteiger partial charge in [0.1, 0.15) is 0 Å². The molecule has 1 nitrogen and oxygen atoms in total. The summed E-state index contributed by atoms with van der Waals surface area (Å²) in [5.41, 5.74) is 8.57. The molecule has 0 radical (unpaired) electrons. The van der Waals surface area contributed by atoms with Gasteiger partial charge in [0.2, 0.25) is 0 Å². The van der Waals surface area contributed by atoms with Crippen molar-refractivity contribution in [3.05, 3.63) is 82.4 Å². The molecule has 4 aliphatic rings. The highest BCUT2D eigenvalue weighted by atomic mass is 15.2. The summed E-state index contributed by atoms with van der Waals surface area (Å²) >= 11 is 0. The molecule has 3 atom stereocenters. The van der Waals surface area contributed by atoms with Crippen molar-refractivity contribution >= 4 is 0 Å². The van der Waals surface area contributed by atoms with Crippen LogP contribution in [0, 0.1) is 0 Å². The number of hydrogen-bond acceptors (Lipinski definition) is 1. The van der Waals surface area contributed by atoms with Gasteiger partial charge in [-0.05, 0) is 54.4 Å². The number of likely N-dealkylation sites (tertiary alicyclic amines) is 1. The molecule has 1 spiro atoms. The van der Waals surface area contributed by atoms with E-state index in [0.29, 0.717) is 17.3 Å². The van der Waals surface area contributed by atoms with Crippen LogP contribution in [-0.4, -0.2) is 24.5 Å². The van der Waals surface area contributed by atoms with Crippen LogP contribution in [0.15, 0.2) is 60.2 Å². The summed E-state index contributed by atoms with van der Waals surface area (Å²) in [6.45, 7) is 3.68. The topological polar surface area (TPSA) is 3.24 Å². The standard InChI is InChI=1S/C25H27N/c1-2-8-18(9-3-1)15-26-16-24-20-11-5-4-10-19(20)22-14-25(24,17-26)23-13-7-6-12-21(22)23/h4-8,10-13,22,24H,1-3,9,14-17H2. The van der Waals surface area contributed by atoms with Crippen LogP contribution in [0.25, 0.3) is 0 Å². The maximum Gasteiger partial charge on any atom is 0.0193 e. The van der Waals surface area contributed by atoms with Gasteiger partial charge in [-0.3, -0.25) is 4.90 Å². The number of fused-ring (bicyclic) bond motifs is 3. The Morgan fingerprint density at radius 3 is 2.58 bits per heavy atom. The third kappa shape index (κ3) is 2.01. The lowest BCUT2D eigenvalue weighted by Crippen LogP contribution is -2.35. The summed E-state index contributed by atoms with van der Waals surface area (Å²) in [6.07, 6.45) is 9.25. The van der Waals surface area contributed by atoms with Gasteiger partial charge in [0.05, 0.1) is 0 Å². The molecule has 2 aromatic carbocycles. The van der Waals surface area contributed by atoms with Gasteiger partial charge >= 0.3 is 0 Å². The first kappa shape index (κ1) is 15.2. The first-order valence-electron chi connectivity index (χ1n) is 10.4. The average molecular weight is 341 g/mol. The molecule has 0 aromatic heterocycles. The van der Waals surface area contributed by atoms with Crippen molar-refractivity contribution < 1.29 is 0 Å². The monoisotopic (exact) mass is 341 g/mol. The Kier molecular flexibility index (Phi) is 3.26. The lowest BCUT2D eigenvalue weighted by Gasteiger charge is -2.37. The first-order valence-corrected chi connectivity index (χ1v) is 10.4. The highest BCUT2D eigenvalue weighted by Crippen LogP contribution is 2.63. The molecular formula is C25H27N. The molecule has 2 bridgehead atoms. The number of rotatable bonds is 2. The molecule has 0 amide bonds. The molecule has 0 N–H and O–H groups in total. The second kappa shape index (κ2) is 5.57. The quantitative estimate of drug-likeness (QED) is 0.664. The summed E-state index contributed by atoms with van der Waals surface area (Å²) in [4.78, 5) is 2.78. The maximum absolute atomic E-state index is 2.78. The molecule has 3 unspecified atom stereocenters. The molecule has 6 rings (SSSR count). The normalized spacial score (nSPS) is 31.9. The van der Waals surface area contributed by atoms with Gasteiger partial charge in [0.25, 0.3) is 0 Å². The Labute approximate surface area is 156 Å². The van der Waals surface area contributed by atoms with Crippen LogP contribution < -0.4 is 0 Å². The van der Waals surface area contributed by atoms with Gasteiger partial charge in [-0.1, -0.05) is 60.2 Å². The average Bonchev–Trinajstić information content (AvgIpc) is 3.21. The number of benzene rings is 2. The minimum Gasteiger partial charge on any atom is -0.298 e. The van der Waals surface area contributed by atoms with Gasteiger partial charge in [-0.15, -0.1) is 0 Å². The molecule has 0 saturated carbocycles. The van der Waals surface area contributed by atoms with Gasteiger partial charge < -0.3 is 0 Å². The summed E-state index contributed by atoms with van der Waals surface area (Å²) < 4.78 is 0. The molecule has 1 saturated heterocycles. The fourth-order valence-corrected chi connectivity index (χ4v) is 6.60. The Balaban J connectivity index is 1.44. The Morgan fingerprint density at radius 2 is 1.73 bits per heavy atom. The van der Waals surface area contributed by atoms with Gasteiger partial charge in [0, 0.05) is 36.9 Å². The smallest absolute Gasteiger partial charge is 0.0193 e. The second-order valence-corrected chi connectivity index (χ2v) is 8.96. The predicted molar refractivity (Wildman–Crippen MR) is 107 cm³/mol. The second-order valence-electron chi connectivity index (χ2n) is 8.96. The number of allylic oxidation sites excluding steroid dienone is 1. The van der Waals surface area contributed by atoms with Crippen LogP contribution in [-0.2, 0) is 5.41 Å². The van der Waals surface area contributed by atoms with E-state index >= 15 is 0 Å². The van der Waals surface area contributed by atoms with Crippen molar-refractivity contribution in [3.8, 4) is 0 Å². The zero-order valence-corrected chi connectivity index (χ0v) is 15.5. The van der Waals surface area contributed by atoms with E-state index in [1.807, 2.05) is 0 Å². The minimum absolute atomic E-state index is 0.352. The van der Waals surface area contributed by atoms with Crippen molar-refractivity contribution in [1.82, 2.24) is 4.90 Å². The Hall–Kier alpha value is -1.86. The van der Waals surface area contributed by atoms with Crippen molar-refractivity contribution in [1.29, 1.82) is 0 Å². The Morgan fingerprint density at radius 1 is 0.923 bits per heavy atom. The van der Waals surface area contributed by atoms with E-state index in [9.17, 15) is 0 Å². The largest absolute Gasteiger partial charge is 0.298 e. The van der Waals surface area contributed by atoms with Crippen molar-refractivity contribution in [2.75, 3.05) is 19.6 Å². The Bertz CT molecular complexity index is 884. The molecule has 1 fully saturated rings. The van der Waals surface area contributed by atoms with E-state index in [4.69, 9.17) is 0 Å². The van der Waals surface area contributed by atoms with Crippen molar-refractivity contribution in [2.45, 2.75) is 49.4 Å². The highest BCUT2D eigenvalue weighted by Gasteiger charge is 2.57. The molecule has 1 aliphatic heterocycles. The zero-order valence-electron chi connectivity index (χ0n) is 15.5. The highest BCUT2D eigenvalue weighted by molar-refractivity contribution is 5.58. The summed E-state index contributed by atoms with van der Waals surface area (Å²) in [7, 11) is 0. The SMILES string of the molecule is C1=C(CN2CC3c4ccccc4C4CC3(C2)c2ccccc24)CCCC1. The van der Waals surface area contributed by atoms with Crippen molar-refractivity contribution in [2.24, 2.45) is 0 Å². The van der Waals surface area contributed by atoms with E-state index < -0.39 is 0 Å². The van der Waals surface area contributed by atoms with Crippen LogP contribution in [0.2, 0.25) is 0 Å².